The number of aromatic nitrogens is 3. The van der Waals surface area contributed by atoms with Gasteiger partial charge in [-0.2, -0.15) is 0 Å². The van der Waals surface area contributed by atoms with Gasteiger partial charge in [-0.15, -0.1) is 0 Å². The molecule has 124 valence electrons. The Morgan fingerprint density at radius 2 is 1.84 bits per heavy atom. The van der Waals surface area contributed by atoms with Gasteiger partial charge in [0.05, 0.1) is 0 Å². The SMILES string of the molecule is CN(C)C(=Nc1ncnc2c1oc1cccnc12)c1ccc(F)cc1. The summed E-state index contributed by atoms with van der Waals surface area (Å²) in [7, 11) is 3.72. The van der Waals surface area contributed by atoms with Gasteiger partial charge in [-0.1, -0.05) is 0 Å². The number of aliphatic imine (C=N–C) groups is 1. The third-order valence-electron chi connectivity index (χ3n) is 3.73. The highest BCUT2D eigenvalue weighted by Gasteiger charge is 2.15. The molecule has 0 amide bonds. The smallest absolute Gasteiger partial charge is 0.201 e. The lowest BCUT2D eigenvalue weighted by Crippen LogP contribution is -2.22. The summed E-state index contributed by atoms with van der Waals surface area (Å²) in [6, 6.07) is 9.76. The van der Waals surface area contributed by atoms with Crippen LogP contribution >= 0.6 is 0 Å². The quantitative estimate of drug-likeness (QED) is 0.414. The molecule has 0 aliphatic rings. The lowest BCUT2D eigenvalue weighted by molar-refractivity contribution is 0.618. The molecule has 0 unspecified atom stereocenters. The van der Waals surface area contributed by atoms with Crippen LogP contribution in [0.1, 0.15) is 5.56 Å². The Labute approximate surface area is 142 Å². The first-order valence-electron chi connectivity index (χ1n) is 7.63. The molecule has 25 heavy (non-hydrogen) atoms. The third-order valence-corrected chi connectivity index (χ3v) is 3.73. The minimum Gasteiger partial charge on any atom is -0.449 e. The fourth-order valence-corrected chi connectivity index (χ4v) is 2.59. The van der Waals surface area contributed by atoms with E-state index in [4.69, 9.17) is 4.42 Å². The van der Waals surface area contributed by atoms with E-state index in [1.54, 1.807) is 24.4 Å². The summed E-state index contributed by atoms with van der Waals surface area (Å²) in [6.45, 7) is 0. The van der Waals surface area contributed by atoms with E-state index < -0.39 is 0 Å². The van der Waals surface area contributed by atoms with E-state index >= 15 is 0 Å². The first-order valence-corrected chi connectivity index (χ1v) is 7.63. The zero-order valence-corrected chi connectivity index (χ0v) is 13.6. The van der Waals surface area contributed by atoms with Gasteiger partial charge < -0.3 is 9.32 Å². The number of hydrogen-bond donors (Lipinski definition) is 0. The molecule has 0 saturated carbocycles. The molecule has 0 aliphatic carbocycles. The Hall–Kier alpha value is -3.35. The van der Waals surface area contributed by atoms with E-state index in [0.717, 1.165) is 5.56 Å². The summed E-state index contributed by atoms with van der Waals surface area (Å²) in [5.41, 5.74) is 3.15. The first-order chi connectivity index (χ1) is 12.1. The normalized spacial score (nSPS) is 12.0. The van der Waals surface area contributed by atoms with Crippen LogP contribution in [0.5, 0.6) is 0 Å². The van der Waals surface area contributed by atoms with Crippen molar-refractivity contribution >= 4 is 33.9 Å². The summed E-state index contributed by atoms with van der Waals surface area (Å²) < 4.78 is 19.1. The number of halogens is 1. The highest BCUT2D eigenvalue weighted by Crippen LogP contribution is 2.30. The number of fused-ring (bicyclic) bond motifs is 3. The van der Waals surface area contributed by atoms with Gasteiger partial charge in [-0.05, 0) is 36.4 Å². The van der Waals surface area contributed by atoms with E-state index in [0.29, 0.717) is 33.9 Å². The molecule has 6 nitrogen and oxygen atoms in total. The average molecular weight is 335 g/mol. The molecule has 0 aliphatic heterocycles. The van der Waals surface area contributed by atoms with Gasteiger partial charge in [-0.3, -0.25) is 4.98 Å². The van der Waals surface area contributed by atoms with Crippen LogP contribution in [0, 0.1) is 5.82 Å². The molecule has 0 spiro atoms. The van der Waals surface area contributed by atoms with Crippen molar-refractivity contribution in [1.82, 2.24) is 19.9 Å². The monoisotopic (exact) mass is 335 g/mol. The second-order valence-electron chi connectivity index (χ2n) is 5.66. The molecule has 4 aromatic rings. The third kappa shape index (κ3) is 2.69. The fraction of sp³-hybridized carbons (Fsp3) is 0.111. The fourth-order valence-electron chi connectivity index (χ4n) is 2.59. The summed E-state index contributed by atoms with van der Waals surface area (Å²) in [5, 5.41) is 0. The maximum atomic E-state index is 13.2. The Balaban J connectivity index is 1.92. The maximum absolute atomic E-state index is 13.2. The van der Waals surface area contributed by atoms with Crippen LogP contribution in [-0.2, 0) is 0 Å². The first kappa shape index (κ1) is 15.2. The zero-order valence-electron chi connectivity index (χ0n) is 13.6. The van der Waals surface area contributed by atoms with Gasteiger partial charge in [-0.25, -0.2) is 19.4 Å². The van der Waals surface area contributed by atoms with Crippen LogP contribution in [0.3, 0.4) is 0 Å². The Bertz CT molecular complexity index is 1090. The predicted octanol–water partition coefficient (Wildman–Crippen LogP) is 3.55. The molecule has 0 atom stereocenters. The molecule has 3 heterocycles. The van der Waals surface area contributed by atoms with Crippen LogP contribution in [-0.4, -0.2) is 39.8 Å². The maximum Gasteiger partial charge on any atom is 0.201 e. The summed E-state index contributed by atoms with van der Waals surface area (Å²) in [4.78, 5) is 19.3. The number of benzene rings is 1. The molecular formula is C18H14FN5O. The van der Waals surface area contributed by atoms with Crippen LogP contribution in [0.4, 0.5) is 10.2 Å². The molecule has 1 aromatic carbocycles. The van der Waals surface area contributed by atoms with Gasteiger partial charge in [0.25, 0.3) is 0 Å². The highest BCUT2D eigenvalue weighted by molar-refractivity contribution is 6.05. The van der Waals surface area contributed by atoms with E-state index in [9.17, 15) is 4.39 Å². The minimum atomic E-state index is -0.297. The van der Waals surface area contributed by atoms with Gasteiger partial charge in [0, 0.05) is 25.9 Å². The largest absolute Gasteiger partial charge is 0.449 e. The van der Waals surface area contributed by atoms with Crippen molar-refractivity contribution in [2.45, 2.75) is 0 Å². The Morgan fingerprint density at radius 1 is 1.04 bits per heavy atom. The standard InChI is InChI=1S/C18H14FN5O/c1-24(2)18(11-5-7-12(19)8-6-11)23-17-16-15(21-10-22-17)14-13(25-16)4-3-9-20-14/h3-10H,1-2H3. The molecule has 4 rings (SSSR count). The van der Waals surface area contributed by atoms with Crippen LogP contribution in [0.25, 0.3) is 22.2 Å². The van der Waals surface area contributed by atoms with Crippen LogP contribution in [0.15, 0.2) is 58.3 Å². The van der Waals surface area contributed by atoms with Gasteiger partial charge in [0.2, 0.25) is 5.82 Å². The second kappa shape index (κ2) is 5.94. The molecule has 0 bridgehead atoms. The van der Waals surface area contributed by atoms with Crippen LogP contribution < -0.4 is 0 Å². The second-order valence-corrected chi connectivity index (χ2v) is 5.66. The van der Waals surface area contributed by atoms with Crippen molar-refractivity contribution in [3.63, 3.8) is 0 Å². The highest BCUT2D eigenvalue weighted by atomic mass is 19.1. The van der Waals surface area contributed by atoms with E-state index in [1.807, 2.05) is 25.1 Å². The summed E-state index contributed by atoms with van der Waals surface area (Å²) in [5.74, 6) is 0.735. The van der Waals surface area contributed by atoms with Gasteiger partial charge in [0.15, 0.2) is 11.2 Å². The molecule has 7 heteroatoms. The lowest BCUT2D eigenvalue weighted by atomic mass is 10.2. The molecule has 0 N–H and O–H groups in total. The van der Waals surface area contributed by atoms with E-state index in [1.165, 1.54) is 18.5 Å². The average Bonchev–Trinajstić information content (AvgIpc) is 3.00. The van der Waals surface area contributed by atoms with Crippen molar-refractivity contribution in [3.8, 4) is 0 Å². The molecule has 0 radical (unpaired) electrons. The van der Waals surface area contributed by atoms with Gasteiger partial charge in [0.1, 0.15) is 29.0 Å². The number of pyridine rings is 1. The summed E-state index contributed by atoms with van der Waals surface area (Å²) >= 11 is 0. The number of hydrogen-bond acceptors (Lipinski definition) is 5. The topological polar surface area (TPSA) is 67.4 Å². The van der Waals surface area contributed by atoms with E-state index in [-0.39, 0.29) is 5.82 Å². The molecule has 0 fully saturated rings. The number of nitrogens with zero attached hydrogens (tertiary/aromatic N) is 5. The zero-order chi connectivity index (χ0) is 17.4. The van der Waals surface area contributed by atoms with Crippen molar-refractivity contribution in [1.29, 1.82) is 0 Å². The molecule has 3 aromatic heterocycles. The number of furan rings is 1. The minimum absolute atomic E-state index is 0.297. The van der Waals surface area contributed by atoms with Gasteiger partial charge >= 0.3 is 0 Å². The van der Waals surface area contributed by atoms with Crippen molar-refractivity contribution in [3.05, 3.63) is 60.3 Å². The molecular weight excluding hydrogens is 321 g/mol. The Kier molecular flexibility index (Phi) is 3.61. The summed E-state index contributed by atoms with van der Waals surface area (Å²) in [6.07, 6.45) is 3.12. The van der Waals surface area contributed by atoms with E-state index in [2.05, 4.69) is 19.9 Å². The molecule has 0 saturated heterocycles. The van der Waals surface area contributed by atoms with Crippen molar-refractivity contribution in [2.24, 2.45) is 4.99 Å². The Morgan fingerprint density at radius 3 is 2.60 bits per heavy atom. The van der Waals surface area contributed by atoms with Crippen molar-refractivity contribution in [2.75, 3.05) is 14.1 Å². The van der Waals surface area contributed by atoms with Crippen LogP contribution in [0.2, 0.25) is 0 Å². The lowest BCUT2D eigenvalue weighted by Gasteiger charge is -2.15. The number of amidine groups is 1. The predicted molar refractivity (Wildman–Crippen MR) is 93.4 cm³/mol. The number of rotatable bonds is 2. The van der Waals surface area contributed by atoms with Crippen molar-refractivity contribution < 1.29 is 8.81 Å².